The summed E-state index contributed by atoms with van der Waals surface area (Å²) in [5.41, 5.74) is 9.01. The highest BCUT2D eigenvalue weighted by molar-refractivity contribution is 5.92. The minimum absolute atomic E-state index is 0.934. The largest absolute Gasteiger partial charge is 0.299 e. The van der Waals surface area contributed by atoms with E-state index in [-0.39, 0.29) is 0 Å². The summed E-state index contributed by atoms with van der Waals surface area (Å²) in [6.07, 6.45) is 2.11. The standard InChI is InChI=1S/C39H26N2/c1-2-12-29(13-3-1)38-37-16-8-9-21-41(37)39(40-38)36-25-34(32-19-17-27-10-4-6-14-30(27)22-32)24-35(26-36)33-20-18-28-11-5-7-15-31(28)23-33/h1-26H. The van der Waals surface area contributed by atoms with Crippen molar-refractivity contribution >= 4 is 27.1 Å². The smallest absolute Gasteiger partial charge is 0.145 e. The number of benzene rings is 6. The SMILES string of the molecule is c1ccc(-c2nc(-c3cc(-c4ccc5ccccc5c4)cc(-c4ccc5ccccc5c4)c3)n3ccccc23)cc1. The minimum atomic E-state index is 0.934. The quantitative estimate of drug-likeness (QED) is 0.225. The summed E-state index contributed by atoms with van der Waals surface area (Å²) >= 11 is 0. The van der Waals surface area contributed by atoms with Crippen LogP contribution in [0.15, 0.2) is 158 Å². The topological polar surface area (TPSA) is 17.3 Å². The molecule has 0 bridgehead atoms. The number of hydrogen-bond donors (Lipinski definition) is 0. The molecule has 0 saturated carbocycles. The molecular formula is C39H26N2. The zero-order valence-corrected chi connectivity index (χ0v) is 22.4. The maximum atomic E-state index is 5.26. The molecule has 8 rings (SSSR count). The second kappa shape index (κ2) is 9.62. The fourth-order valence-electron chi connectivity index (χ4n) is 5.88. The maximum Gasteiger partial charge on any atom is 0.145 e. The number of hydrogen-bond acceptors (Lipinski definition) is 1. The van der Waals surface area contributed by atoms with Gasteiger partial charge < -0.3 is 0 Å². The van der Waals surface area contributed by atoms with Gasteiger partial charge in [-0.15, -0.1) is 0 Å². The highest BCUT2D eigenvalue weighted by Crippen LogP contribution is 2.36. The van der Waals surface area contributed by atoms with Gasteiger partial charge in [-0.3, -0.25) is 4.40 Å². The highest BCUT2D eigenvalue weighted by atomic mass is 15.0. The van der Waals surface area contributed by atoms with Gasteiger partial charge in [0.1, 0.15) is 5.82 Å². The van der Waals surface area contributed by atoms with Crippen molar-refractivity contribution in [2.45, 2.75) is 0 Å². The van der Waals surface area contributed by atoms with Crippen molar-refractivity contribution in [2.24, 2.45) is 0 Å². The van der Waals surface area contributed by atoms with Crippen LogP contribution in [0, 0.1) is 0 Å². The van der Waals surface area contributed by atoms with Crippen LogP contribution < -0.4 is 0 Å². The van der Waals surface area contributed by atoms with E-state index in [4.69, 9.17) is 4.98 Å². The van der Waals surface area contributed by atoms with Crippen LogP contribution in [0.5, 0.6) is 0 Å². The summed E-state index contributed by atoms with van der Waals surface area (Å²) in [7, 11) is 0. The third-order valence-electron chi connectivity index (χ3n) is 7.95. The van der Waals surface area contributed by atoms with Gasteiger partial charge in [-0.1, -0.05) is 109 Å². The lowest BCUT2D eigenvalue weighted by molar-refractivity contribution is 1.16. The van der Waals surface area contributed by atoms with Crippen LogP contribution in [-0.2, 0) is 0 Å². The number of nitrogens with zero attached hydrogens (tertiary/aromatic N) is 2. The molecule has 0 amide bonds. The summed E-state index contributed by atoms with van der Waals surface area (Å²) in [5.74, 6) is 0.934. The zero-order chi connectivity index (χ0) is 27.2. The Morgan fingerprint density at radius 1 is 0.366 bits per heavy atom. The van der Waals surface area contributed by atoms with Crippen molar-refractivity contribution in [2.75, 3.05) is 0 Å². The van der Waals surface area contributed by atoms with E-state index in [1.807, 2.05) is 6.07 Å². The van der Waals surface area contributed by atoms with Crippen molar-refractivity contribution < 1.29 is 0 Å². The second-order valence-corrected chi connectivity index (χ2v) is 10.5. The molecule has 0 radical (unpaired) electrons. The van der Waals surface area contributed by atoms with Gasteiger partial charge in [0.05, 0.1) is 11.2 Å². The van der Waals surface area contributed by atoms with Crippen LogP contribution in [0.4, 0.5) is 0 Å². The third kappa shape index (κ3) is 4.18. The van der Waals surface area contributed by atoms with E-state index in [1.54, 1.807) is 0 Å². The van der Waals surface area contributed by atoms with Gasteiger partial charge in [0, 0.05) is 17.3 Å². The van der Waals surface area contributed by atoms with Crippen LogP contribution in [-0.4, -0.2) is 9.38 Å². The molecule has 0 fully saturated rings. The number of pyridine rings is 1. The number of imidazole rings is 1. The van der Waals surface area contributed by atoms with Gasteiger partial charge in [-0.25, -0.2) is 4.98 Å². The predicted molar refractivity (Wildman–Crippen MR) is 172 cm³/mol. The summed E-state index contributed by atoms with van der Waals surface area (Å²) in [6.45, 7) is 0. The van der Waals surface area contributed by atoms with E-state index in [9.17, 15) is 0 Å². The molecule has 0 aliphatic rings. The van der Waals surface area contributed by atoms with E-state index in [0.29, 0.717) is 0 Å². The van der Waals surface area contributed by atoms with Crippen molar-refractivity contribution in [1.29, 1.82) is 0 Å². The first-order valence-electron chi connectivity index (χ1n) is 14.0. The monoisotopic (exact) mass is 522 g/mol. The minimum Gasteiger partial charge on any atom is -0.299 e. The Labute approximate surface area is 238 Å². The lowest BCUT2D eigenvalue weighted by Crippen LogP contribution is -1.91. The molecule has 192 valence electrons. The second-order valence-electron chi connectivity index (χ2n) is 10.5. The van der Waals surface area contributed by atoms with Crippen LogP contribution in [0.2, 0.25) is 0 Å². The maximum absolute atomic E-state index is 5.26. The Morgan fingerprint density at radius 3 is 1.54 bits per heavy atom. The molecule has 2 heterocycles. The van der Waals surface area contributed by atoms with Crippen molar-refractivity contribution in [3.8, 4) is 44.9 Å². The summed E-state index contributed by atoms with van der Waals surface area (Å²) < 4.78 is 2.21. The van der Waals surface area contributed by atoms with Crippen molar-refractivity contribution in [1.82, 2.24) is 9.38 Å². The molecule has 0 aliphatic heterocycles. The van der Waals surface area contributed by atoms with Crippen LogP contribution in [0.3, 0.4) is 0 Å². The van der Waals surface area contributed by atoms with Crippen LogP contribution >= 0.6 is 0 Å². The van der Waals surface area contributed by atoms with Gasteiger partial charge in [0.25, 0.3) is 0 Å². The van der Waals surface area contributed by atoms with E-state index >= 15 is 0 Å². The first-order valence-corrected chi connectivity index (χ1v) is 14.0. The molecule has 0 saturated heterocycles. The van der Waals surface area contributed by atoms with Crippen molar-refractivity contribution in [3.63, 3.8) is 0 Å². The molecule has 0 aliphatic carbocycles. The normalized spacial score (nSPS) is 11.4. The molecule has 0 spiro atoms. The number of rotatable bonds is 4. The van der Waals surface area contributed by atoms with Crippen molar-refractivity contribution in [3.05, 3.63) is 158 Å². The third-order valence-corrected chi connectivity index (χ3v) is 7.95. The summed E-state index contributed by atoms with van der Waals surface area (Å²) in [4.78, 5) is 5.26. The first-order chi connectivity index (χ1) is 20.3. The van der Waals surface area contributed by atoms with Crippen LogP contribution in [0.25, 0.3) is 72.0 Å². The predicted octanol–water partition coefficient (Wildman–Crippen LogP) is 10.3. The van der Waals surface area contributed by atoms with Gasteiger partial charge in [-0.05, 0) is 86.3 Å². The lowest BCUT2D eigenvalue weighted by atomic mass is 9.93. The first kappa shape index (κ1) is 23.4. The number of fused-ring (bicyclic) bond motifs is 3. The fraction of sp³-hybridized carbons (Fsp3) is 0. The zero-order valence-electron chi connectivity index (χ0n) is 22.4. The highest BCUT2D eigenvalue weighted by Gasteiger charge is 2.16. The van der Waals surface area contributed by atoms with Gasteiger partial charge in [0.2, 0.25) is 0 Å². The van der Waals surface area contributed by atoms with E-state index in [1.165, 1.54) is 43.8 Å². The molecule has 6 aromatic carbocycles. The van der Waals surface area contributed by atoms with E-state index in [0.717, 1.165) is 28.2 Å². The molecule has 41 heavy (non-hydrogen) atoms. The number of aromatic nitrogens is 2. The summed E-state index contributed by atoms with van der Waals surface area (Å²) in [6, 6.07) is 54.2. The van der Waals surface area contributed by atoms with E-state index < -0.39 is 0 Å². The molecule has 0 unspecified atom stereocenters. The Kier molecular flexibility index (Phi) is 5.49. The molecular weight excluding hydrogens is 496 g/mol. The van der Waals surface area contributed by atoms with Gasteiger partial charge in [-0.2, -0.15) is 0 Å². The Morgan fingerprint density at radius 2 is 0.902 bits per heavy atom. The molecule has 0 atom stereocenters. The Balaban J connectivity index is 1.38. The molecule has 0 N–H and O–H groups in total. The lowest BCUT2D eigenvalue weighted by Gasteiger charge is -2.12. The Bertz CT molecular complexity index is 2110. The average molecular weight is 523 g/mol. The summed E-state index contributed by atoms with van der Waals surface area (Å²) in [5, 5.41) is 4.96. The molecule has 8 aromatic rings. The molecule has 2 nitrogen and oxygen atoms in total. The Hall–Kier alpha value is -5.47. The van der Waals surface area contributed by atoms with Crippen LogP contribution in [0.1, 0.15) is 0 Å². The van der Waals surface area contributed by atoms with E-state index in [2.05, 4.69) is 156 Å². The fourth-order valence-corrected chi connectivity index (χ4v) is 5.88. The molecule has 2 heteroatoms. The average Bonchev–Trinajstić information content (AvgIpc) is 3.44. The van der Waals surface area contributed by atoms with Gasteiger partial charge in [0.15, 0.2) is 0 Å². The van der Waals surface area contributed by atoms with Gasteiger partial charge >= 0.3 is 0 Å². The molecule has 2 aromatic heterocycles.